The van der Waals surface area contributed by atoms with Gasteiger partial charge in [0.2, 0.25) is 0 Å². The number of hydrogen-bond acceptors (Lipinski definition) is 3. The summed E-state index contributed by atoms with van der Waals surface area (Å²) in [7, 11) is 0. The van der Waals surface area contributed by atoms with E-state index >= 15 is 0 Å². The first-order valence-corrected chi connectivity index (χ1v) is 8.63. The predicted molar refractivity (Wildman–Crippen MR) is 90.1 cm³/mol. The number of nitrogens with one attached hydrogen (secondary N) is 1. The van der Waals surface area contributed by atoms with Crippen molar-refractivity contribution < 1.29 is 4.74 Å². The predicted octanol–water partition coefficient (Wildman–Crippen LogP) is 5.08. The van der Waals surface area contributed by atoms with E-state index in [1.807, 2.05) is 6.07 Å². The molecule has 2 nitrogen and oxygen atoms in total. The lowest BCUT2D eigenvalue weighted by Crippen LogP contribution is -2.21. The number of ether oxygens (including phenoxy) is 1. The maximum atomic E-state index is 6.34. The Labute approximate surface area is 139 Å². The molecule has 0 amide bonds. The summed E-state index contributed by atoms with van der Waals surface area (Å²) in [5.74, 6) is 0.996. The van der Waals surface area contributed by atoms with Crippen molar-refractivity contribution in [2.75, 3.05) is 6.54 Å². The van der Waals surface area contributed by atoms with Crippen molar-refractivity contribution in [2.24, 2.45) is 0 Å². The van der Waals surface area contributed by atoms with Crippen LogP contribution in [-0.4, -0.2) is 12.6 Å². The van der Waals surface area contributed by atoms with Gasteiger partial charge in [-0.05, 0) is 36.7 Å². The Balaban J connectivity index is 1.98. The third-order valence-electron chi connectivity index (χ3n) is 3.66. The molecule has 21 heavy (non-hydrogen) atoms. The van der Waals surface area contributed by atoms with Crippen molar-refractivity contribution in [3.05, 3.63) is 49.6 Å². The van der Waals surface area contributed by atoms with E-state index in [1.54, 1.807) is 0 Å². The van der Waals surface area contributed by atoms with Crippen LogP contribution in [0.1, 0.15) is 36.6 Å². The largest absolute Gasteiger partial charge is 0.490 e. The fraction of sp³-hybridized carbons (Fsp3) is 0.375. The van der Waals surface area contributed by atoms with E-state index in [1.165, 1.54) is 22.5 Å². The number of fused-ring (bicyclic) bond motifs is 1. The lowest BCUT2D eigenvalue weighted by molar-refractivity contribution is 0.254. The van der Waals surface area contributed by atoms with Crippen molar-refractivity contribution >= 4 is 34.5 Å². The molecule has 0 bridgehead atoms. The number of thiophene rings is 1. The van der Waals surface area contributed by atoms with E-state index in [4.69, 9.17) is 27.9 Å². The third kappa shape index (κ3) is 3.07. The normalized spacial score (nSPS) is 18.4. The molecular weight excluding hydrogens is 325 g/mol. The molecule has 2 aromatic rings. The first kappa shape index (κ1) is 15.2. The first-order chi connectivity index (χ1) is 10.1. The molecule has 1 aliphatic heterocycles. The molecule has 1 aromatic carbocycles. The van der Waals surface area contributed by atoms with Crippen molar-refractivity contribution in [2.45, 2.75) is 32.4 Å². The van der Waals surface area contributed by atoms with Gasteiger partial charge in [0.25, 0.3) is 0 Å². The van der Waals surface area contributed by atoms with Crippen LogP contribution >= 0.6 is 34.5 Å². The minimum atomic E-state index is 0.0625. The van der Waals surface area contributed by atoms with Crippen LogP contribution < -0.4 is 10.1 Å². The molecule has 3 rings (SSSR count). The van der Waals surface area contributed by atoms with Crippen LogP contribution in [0.25, 0.3) is 0 Å². The Hall–Kier alpha value is -0.740. The van der Waals surface area contributed by atoms with E-state index in [0.29, 0.717) is 0 Å². The monoisotopic (exact) mass is 341 g/mol. The first-order valence-electron chi connectivity index (χ1n) is 7.06. The maximum Gasteiger partial charge on any atom is 0.123 e. The summed E-state index contributed by atoms with van der Waals surface area (Å²) in [4.78, 5) is 0. The van der Waals surface area contributed by atoms with Crippen LogP contribution in [0.3, 0.4) is 0 Å². The van der Waals surface area contributed by atoms with E-state index in [9.17, 15) is 0 Å². The second kappa shape index (κ2) is 6.17. The van der Waals surface area contributed by atoms with Gasteiger partial charge in [0.05, 0.1) is 14.7 Å². The van der Waals surface area contributed by atoms with E-state index in [-0.39, 0.29) is 12.1 Å². The molecular formula is C16H17Cl2NOS. The molecule has 0 saturated heterocycles. The van der Waals surface area contributed by atoms with Crippen LogP contribution in [-0.2, 0) is 6.42 Å². The molecule has 2 heterocycles. The average molecular weight is 342 g/mol. The van der Waals surface area contributed by atoms with Gasteiger partial charge in [-0.2, -0.15) is 0 Å². The van der Waals surface area contributed by atoms with E-state index in [2.05, 4.69) is 37.4 Å². The summed E-state index contributed by atoms with van der Waals surface area (Å²) >= 11 is 13.8. The molecule has 0 radical (unpaired) electrons. The Morgan fingerprint density at radius 3 is 2.86 bits per heavy atom. The van der Waals surface area contributed by atoms with E-state index in [0.717, 1.165) is 33.0 Å². The van der Waals surface area contributed by atoms with Gasteiger partial charge in [-0.1, -0.05) is 42.3 Å². The zero-order valence-electron chi connectivity index (χ0n) is 12.0. The molecule has 1 aliphatic rings. The summed E-state index contributed by atoms with van der Waals surface area (Å²) < 4.78 is 7.23. The molecule has 5 heteroatoms. The maximum absolute atomic E-state index is 6.34. The highest BCUT2D eigenvalue weighted by molar-refractivity contribution is 7.20. The summed E-state index contributed by atoms with van der Waals surface area (Å²) in [6.07, 6.45) is 1.21. The Morgan fingerprint density at radius 1 is 1.38 bits per heavy atom. The van der Waals surface area contributed by atoms with Crippen LogP contribution in [0.15, 0.2) is 24.3 Å². The van der Waals surface area contributed by atoms with E-state index < -0.39 is 0 Å². The summed E-state index contributed by atoms with van der Waals surface area (Å²) in [6, 6.07) is 8.39. The topological polar surface area (TPSA) is 21.3 Å². The smallest absolute Gasteiger partial charge is 0.123 e. The Morgan fingerprint density at radius 2 is 2.19 bits per heavy atom. The lowest BCUT2D eigenvalue weighted by Gasteiger charge is -2.18. The van der Waals surface area contributed by atoms with Gasteiger partial charge in [-0.15, -0.1) is 11.3 Å². The quantitative estimate of drug-likeness (QED) is 0.837. The Bertz CT molecular complexity index is 656. The van der Waals surface area contributed by atoms with Crippen LogP contribution in [0.4, 0.5) is 0 Å². The van der Waals surface area contributed by atoms with Gasteiger partial charge in [-0.25, -0.2) is 0 Å². The van der Waals surface area contributed by atoms with Gasteiger partial charge in [0, 0.05) is 12.0 Å². The molecule has 0 fully saturated rings. The number of benzene rings is 1. The van der Waals surface area contributed by atoms with Gasteiger partial charge in [-0.3, -0.25) is 0 Å². The van der Waals surface area contributed by atoms with Crippen LogP contribution in [0, 0.1) is 0 Å². The van der Waals surface area contributed by atoms with Gasteiger partial charge in [0.15, 0.2) is 0 Å². The molecule has 0 saturated carbocycles. The fourth-order valence-corrected chi connectivity index (χ4v) is 4.32. The van der Waals surface area contributed by atoms with Gasteiger partial charge < -0.3 is 10.1 Å². The SMILES string of the molecule is CCNC(c1ccc2c(c1)CC(C)O2)c1cc(Cl)sc1Cl. The highest BCUT2D eigenvalue weighted by Gasteiger charge is 2.23. The van der Waals surface area contributed by atoms with Gasteiger partial charge in [0.1, 0.15) is 11.9 Å². The number of rotatable bonds is 4. The van der Waals surface area contributed by atoms with Crippen molar-refractivity contribution in [3.63, 3.8) is 0 Å². The number of halogens is 2. The van der Waals surface area contributed by atoms with Gasteiger partial charge >= 0.3 is 0 Å². The zero-order valence-corrected chi connectivity index (χ0v) is 14.3. The highest BCUT2D eigenvalue weighted by atomic mass is 35.5. The Kier molecular flexibility index (Phi) is 4.46. The summed E-state index contributed by atoms with van der Waals surface area (Å²) in [5, 5.41) is 3.49. The average Bonchev–Trinajstić information content (AvgIpc) is 2.96. The molecule has 112 valence electrons. The minimum Gasteiger partial charge on any atom is -0.490 e. The second-order valence-electron chi connectivity index (χ2n) is 5.27. The standard InChI is InChI=1S/C16H17Cl2NOS/c1-3-19-15(12-8-14(17)21-16(12)18)10-4-5-13-11(7-10)6-9(2)20-13/h4-5,7-9,15,19H,3,6H2,1-2H3. The molecule has 1 N–H and O–H groups in total. The van der Waals surface area contributed by atoms with Crippen molar-refractivity contribution in [1.29, 1.82) is 0 Å². The third-order valence-corrected chi connectivity index (χ3v) is 5.17. The summed E-state index contributed by atoms with van der Waals surface area (Å²) in [5.41, 5.74) is 3.51. The van der Waals surface area contributed by atoms with Crippen molar-refractivity contribution in [3.8, 4) is 5.75 Å². The zero-order chi connectivity index (χ0) is 15.0. The molecule has 2 atom stereocenters. The molecule has 2 unspecified atom stereocenters. The number of hydrogen-bond donors (Lipinski definition) is 1. The van der Waals surface area contributed by atoms with Crippen molar-refractivity contribution in [1.82, 2.24) is 5.32 Å². The molecule has 0 aliphatic carbocycles. The summed E-state index contributed by atoms with van der Waals surface area (Å²) in [6.45, 7) is 5.04. The lowest BCUT2D eigenvalue weighted by atomic mass is 9.98. The highest BCUT2D eigenvalue weighted by Crippen LogP contribution is 2.39. The molecule has 1 aromatic heterocycles. The van der Waals surface area contributed by atoms with Crippen LogP contribution in [0.2, 0.25) is 8.67 Å². The fourth-order valence-electron chi connectivity index (χ4n) is 2.78. The second-order valence-corrected chi connectivity index (χ2v) is 7.56. The molecule has 0 spiro atoms. The van der Waals surface area contributed by atoms with Crippen LogP contribution in [0.5, 0.6) is 5.75 Å². The minimum absolute atomic E-state index is 0.0625.